The Hall–Kier alpha value is -4.16. The zero-order chi connectivity index (χ0) is 22.9. The van der Waals surface area contributed by atoms with Gasteiger partial charge in [0.15, 0.2) is 0 Å². The molecule has 0 aliphatic carbocycles. The number of aromatic nitrogens is 3. The number of H-pyrrole nitrogens is 1. The third-order valence-corrected chi connectivity index (χ3v) is 5.77. The van der Waals surface area contributed by atoms with Crippen LogP contribution < -0.4 is 11.3 Å². The second kappa shape index (κ2) is 8.41. The third-order valence-electron chi connectivity index (χ3n) is 5.52. The number of rotatable bonds is 5. The molecule has 0 fully saturated rings. The lowest BCUT2D eigenvalue weighted by Gasteiger charge is -2.07. The molecular formula is C26H19ClN4O2. The van der Waals surface area contributed by atoms with Crippen LogP contribution in [-0.2, 0) is 6.42 Å². The predicted octanol–water partition coefficient (Wildman–Crippen LogP) is 4.70. The number of aromatic amines is 1. The molecule has 0 saturated heterocycles. The maximum absolute atomic E-state index is 13.0. The third kappa shape index (κ3) is 4.04. The molecule has 3 aromatic carbocycles. The van der Waals surface area contributed by atoms with Gasteiger partial charge in [0.2, 0.25) is 5.91 Å². The molecule has 0 radical (unpaired) electrons. The summed E-state index contributed by atoms with van der Waals surface area (Å²) in [7, 11) is 0. The van der Waals surface area contributed by atoms with Crippen molar-refractivity contribution in [2.75, 3.05) is 0 Å². The van der Waals surface area contributed by atoms with Crippen molar-refractivity contribution in [2.24, 2.45) is 5.73 Å². The van der Waals surface area contributed by atoms with Crippen LogP contribution in [0.1, 0.15) is 21.6 Å². The van der Waals surface area contributed by atoms with Crippen LogP contribution in [0.25, 0.3) is 28.0 Å². The number of carbonyl (C=O) groups excluding carboxylic acids is 1. The van der Waals surface area contributed by atoms with Gasteiger partial charge in [-0.15, -0.1) is 0 Å². The van der Waals surface area contributed by atoms with Crippen molar-refractivity contribution in [2.45, 2.75) is 6.42 Å². The summed E-state index contributed by atoms with van der Waals surface area (Å²) in [5, 5.41) is 5.29. The van der Waals surface area contributed by atoms with Gasteiger partial charge in [0.25, 0.3) is 5.56 Å². The monoisotopic (exact) mass is 454 g/mol. The molecule has 162 valence electrons. The largest absolute Gasteiger partial charge is 0.366 e. The molecule has 2 heterocycles. The Morgan fingerprint density at radius 2 is 1.61 bits per heavy atom. The second-order valence-corrected chi connectivity index (χ2v) is 8.15. The first-order valence-corrected chi connectivity index (χ1v) is 10.7. The zero-order valence-corrected chi connectivity index (χ0v) is 18.2. The smallest absolute Gasteiger partial charge is 0.274 e. The van der Waals surface area contributed by atoms with Crippen molar-refractivity contribution in [3.63, 3.8) is 0 Å². The highest BCUT2D eigenvalue weighted by atomic mass is 35.5. The highest BCUT2D eigenvalue weighted by molar-refractivity contribution is 6.30. The molecule has 0 atom stereocenters. The molecule has 33 heavy (non-hydrogen) atoms. The number of carbonyl (C=O) groups is 1. The van der Waals surface area contributed by atoms with Gasteiger partial charge >= 0.3 is 0 Å². The first-order valence-electron chi connectivity index (χ1n) is 10.3. The molecule has 6 nitrogen and oxygen atoms in total. The molecule has 3 N–H and O–H groups in total. The maximum atomic E-state index is 13.0. The normalized spacial score (nSPS) is 11.1. The fourth-order valence-electron chi connectivity index (χ4n) is 3.89. The quantitative estimate of drug-likeness (QED) is 0.403. The summed E-state index contributed by atoms with van der Waals surface area (Å²) in [5.74, 6) is -0.503. The molecule has 0 aliphatic rings. The average Bonchev–Trinajstić information content (AvgIpc) is 3.19. The van der Waals surface area contributed by atoms with Gasteiger partial charge in [-0.1, -0.05) is 66.2 Å². The minimum atomic E-state index is -0.503. The molecule has 5 aromatic rings. The van der Waals surface area contributed by atoms with Crippen molar-refractivity contribution < 1.29 is 4.79 Å². The van der Waals surface area contributed by atoms with E-state index in [1.54, 1.807) is 24.3 Å². The van der Waals surface area contributed by atoms with Crippen LogP contribution in [0.5, 0.6) is 0 Å². The van der Waals surface area contributed by atoms with Crippen LogP contribution in [0.15, 0.2) is 89.7 Å². The van der Waals surface area contributed by atoms with E-state index in [0.29, 0.717) is 28.3 Å². The van der Waals surface area contributed by atoms with E-state index in [9.17, 15) is 9.59 Å². The molecule has 0 unspecified atom stereocenters. The number of nitrogens with two attached hydrogens (primary N) is 1. The van der Waals surface area contributed by atoms with Crippen LogP contribution in [0.2, 0.25) is 5.02 Å². The van der Waals surface area contributed by atoms with Gasteiger partial charge in [-0.25, -0.2) is 0 Å². The number of amides is 1. The summed E-state index contributed by atoms with van der Waals surface area (Å²) in [5.41, 5.74) is 11.0. The lowest BCUT2D eigenvalue weighted by molar-refractivity contribution is 0.100. The molecule has 0 spiro atoms. The summed E-state index contributed by atoms with van der Waals surface area (Å²) in [6.45, 7) is 0. The SMILES string of the molecule is NC(=O)c1ccc(-c2cc(=O)n3nc(Cc4ccccc4)c(-c4ccc(Cl)cc4)c3[nH]2)cc1. The summed E-state index contributed by atoms with van der Waals surface area (Å²) in [6, 6.07) is 25.7. The Balaban J connectivity index is 1.71. The number of primary amides is 1. The maximum Gasteiger partial charge on any atom is 0.274 e. The number of hydrogen-bond acceptors (Lipinski definition) is 3. The van der Waals surface area contributed by atoms with Gasteiger partial charge in [-0.2, -0.15) is 9.61 Å². The zero-order valence-electron chi connectivity index (χ0n) is 17.5. The van der Waals surface area contributed by atoms with E-state index in [2.05, 4.69) is 10.1 Å². The van der Waals surface area contributed by atoms with E-state index in [1.165, 1.54) is 10.6 Å². The summed E-state index contributed by atoms with van der Waals surface area (Å²) in [6.07, 6.45) is 0.566. The minimum absolute atomic E-state index is 0.257. The average molecular weight is 455 g/mol. The van der Waals surface area contributed by atoms with Crippen LogP contribution in [0, 0.1) is 0 Å². The molecule has 1 amide bonds. The van der Waals surface area contributed by atoms with Crippen molar-refractivity contribution >= 4 is 23.2 Å². The molecule has 2 aromatic heterocycles. The molecule has 0 bridgehead atoms. The highest BCUT2D eigenvalue weighted by Crippen LogP contribution is 2.30. The Morgan fingerprint density at radius 3 is 2.27 bits per heavy atom. The highest BCUT2D eigenvalue weighted by Gasteiger charge is 2.18. The van der Waals surface area contributed by atoms with Gasteiger partial charge in [-0.05, 0) is 41.0 Å². The van der Waals surface area contributed by atoms with Gasteiger partial charge in [0, 0.05) is 28.6 Å². The van der Waals surface area contributed by atoms with Crippen LogP contribution >= 0.6 is 11.6 Å². The summed E-state index contributed by atoms with van der Waals surface area (Å²) < 4.78 is 1.39. The number of benzene rings is 3. The topological polar surface area (TPSA) is 93.2 Å². The van der Waals surface area contributed by atoms with Crippen molar-refractivity contribution in [3.8, 4) is 22.4 Å². The van der Waals surface area contributed by atoms with E-state index in [4.69, 9.17) is 17.3 Å². The number of nitrogens with zero attached hydrogens (tertiary/aromatic N) is 2. The van der Waals surface area contributed by atoms with E-state index >= 15 is 0 Å². The van der Waals surface area contributed by atoms with Gasteiger partial charge < -0.3 is 10.7 Å². The predicted molar refractivity (Wildman–Crippen MR) is 129 cm³/mol. The first-order chi connectivity index (χ1) is 16.0. The second-order valence-electron chi connectivity index (χ2n) is 7.71. The van der Waals surface area contributed by atoms with Crippen molar-refractivity contribution in [1.29, 1.82) is 0 Å². The Bertz CT molecular complexity index is 1520. The first kappa shape index (κ1) is 20.7. The van der Waals surface area contributed by atoms with E-state index in [0.717, 1.165) is 27.9 Å². The molecule has 0 aliphatic heterocycles. The molecular weight excluding hydrogens is 436 g/mol. The Labute approximate surface area is 194 Å². The van der Waals surface area contributed by atoms with Crippen molar-refractivity contribution in [1.82, 2.24) is 14.6 Å². The van der Waals surface area contributed by atoms with Gasteiger partial charge in [-0.3, -0.25) is 9.59 Å². The summed E-state index contributed by atoms with van der Waals surface area (Å²) in [4.78, 5) is 27.8. The standard InChI is InChI=1S/C26H19ClN4O2/c27-20-12-10-18(11-13-20)24-22(14-16-4-2-1-3-5-16)30-31-23(32)15-21(29-26(24)31)17-6-8-19(9-7-17)25(28)33/h1-13,15,29H,14H2,(H2,28,33). The van der Waals surface area contributed by atoms with E-state index in [1.807, 2.05) is 54.6 Å². The van der Waals surface area contributed by atoms with Crippen molar-refractivity contribution in [3.05, 3.63) is 117 Å². The molecule has 7 heteroatoms. The lowest BCUT2D eigenvalue weighted by Crippen LogP contribution is -2.14. The fraction of sp³-hybridized carbons (Fsp3) is 0.0385. The van der Waals surface area contributed by atoms with Gasteiger partial charge in [0.1, 0.15) is 5.65 Å². The number of hydrogen-bond donors (Lipinski definition) is 2. The fourth-order valence-corrected chi connectivity index (χ4v) is 4.01. The molecule has 0 saturated carbocycles. The lowest BCUT2D eigenvalue weighted by atomic mass is 10.0. The van der Waals surface area contributed by atoms with E-state index < -0.39 is 5.91 Å². The minimum Gasteiger partial charge on any atom is -0.366 e. The van der Waals surface area contributed by atoms with Gasteiger partial charge in [0.05, 0.1) is 11.4 Å². The Kier molecular flexibility index (Phi) is 5.28. The number of fused-ring (bicyclic) bond motifs is 1. The Morgan fingerprint density at radius 1 is 0.939 bits per heavy atom. The van der Waals surface area contributed by atoms with Crippen LogP contribution in [0.3, 0.4) is 0 Å². The van der Waals surface area contributed by atoms with Crippen LogP contribution in [0.4, 0.5) is 0 Å². The number of halogens is 1. The molecule has 5 rings (SSSR count). The summed E-state index contributed by atoms with van der Waals surface area (Å²) >= 11 is 6.11. The van der Waals surface area contributed by atoms with E-state index in [-0.39, 0.29) is 5.56 Å². The van der Waals surface area contributed by atoms with Crippen LogP contribution in [-0.4, -0.2) is 20.5 Å². The number of nitrogens with one attached hydrogen (secondary N) is 1.